The highest BCUT2D eigenvalue weighted by Gasteiger charge is 2.04. The Labute approximate surface area is 95.1 Å². The molecule has 0 aliphatic heterocycles. The lowest BCUT2D eigenvalue weighted by atomic mass is 10.1. The minimum atomic E-state index is 0.674. The number of aromatic nitrogens is 1. The molecule has 2 rings (SSSR count). The van der Waals surface area contributed by atoms with E-state index in [4.69, 9.17) is 11.6 Å². The first-order valence-electron chi connectivity index (χ1n) is 5.11. The summed E-state index contributed by atoms with van der Waals surface area (Å²) in [6.07, 6.45) is 0.927. The van der Waals surface area contributed by atoms with Gasteiger partial charge in [0.1, 0.15) is 0 Å². The molecule has 0 aliphatic rings. The molecule has 0 unspecified atom stereocenters. The van der Waals surface area contributed by atoms with E-state index < -0.39 is 0 Å². The van der Waals surface area contributed by atoms with Crippen LogP contribution < -0.4 is 0 Å². The van der Waals surface area contributed by atoms with Crippen molar-refractivity contribution in [3.8, 4) is 11.3 Å². The molecule has 0 fully saturated rings. The summed E-state index contributed by atoms with van der Waals surface area (Å²) in [7, 11) is 0. The van der Waals surface area contributed by atoms with Crippen molar-refractivity contribution in [3.05, 3.63) is 47.7 Å². The quantitative estimate of drug-likeness (QED) is 0.757. The highest BCUT2D eigenvalue weighted by molar-refractivity contribution is 6.18. The maximum Gasteiger partial charge on any atom is 0.0458 e. The monoisotopic (exact) mass is 219 g/mol. The summed E-state index contributed by atoms with van der Waals surface area (Å²) in [6, 6.07) is 12.5. The molecule has 78 valence electrons. The van der Waals surface area contributed by atoms with Crippen LogP contribution >= 0.6 is 11.6 Å². The van der Waals surface area contributed by atoms with Gasteiger partial charge in [-0.05, 0) is 30.5 Å². The fourth-order valence-electron chi connectivity index (χ4n) is 1.74. The number of aromatic amines is 1. The third kappa shape index (κ3) is 2.24. The molecule has 0 saturated heterocycles. The van der Waals surface area contributed by atoms with Gasteiger partial charge in [-0.25, -0.2) is 0 Å². The summed E-state index contributed by atoms with van der Waals surface area (Å²) in [6.45, 7) is 2.09. The van der Waals surface area contributed by atoms with E-state index in [1.165, 1.54) is 22.5 Å². The van der Waals surface area contributed by atoms with E-state index in [0.29, 0.717) is 5.88 Å². The van der Waals surface area contributed by atoms with Crippen molar-refractivity contribution in [2.75, 3.05) is 5.88 Å². The van der Waals surface area contributed by atoms with Gasteiger partial charge in [0.05, 0.1) is 0 Å². The molecule has 0 atom stereocenters. The molecule has 2 aromatic rings. The zero-order valence-electron chi connectivity index (χ0n) is 8.76. The van der Waals surface area contributed by atoms with Gasteiger partial charge in [-0.2, -0.15) is 0 Å². The van der Waals surface area contributed by atoms with Crippen LogP contribution in [0.5, 0.6) is 0 Å². The number of halogens is 1. The largest absolute Gasteiger partial charge is 0.358 e. The zero-order chi connectivity index (χ0) is 10.7. The molecular formula is C13H14ClN. The Balaban J connectivity index is 2.34. The summed E-state index contributed by atoms with van der Waals surface area (Å²) in [5.41, 5.74) is 4.92. The molecular weight excluding hydrogens is 206 g/mol. The Morgan fingerprint density at radius 3 is 2.60 bits per heavy atom. The first kappa shape index (κ1) is 10.3. The van der Waals surface area contributed by atoms with Crippen LogP contribution in [0.3, 0.4) is 0 Å². The molecule has 0 amide bonds. The second kappa shape index (κ2) is 4.54. The van der Waals surface area contributed by atoms with Gasteiger partial charge >= 0.3 is 0 Å². The lowest BCUT2D eigenvalue weighted by Crippen LogP contribution is -1.85. The average molecular weight is 220 g/mol. The Hall–Kier alpha value is -1.21. The molecule has 1 aromatic heterocycles. The molecule has 1 heterocycles. The molecule has 0 saturated carbocycles. The molecule has 0 radical (unpaired) electrons. The normalized spacial score (nSPS) is 10.5. The van der Waals surface area contributed by atoms with Gasteiger partial charge in [-0.3, -0.25) is 0 Å². The van der Waals surface area contributed by atoms with Gasteiger partial charge in [0.2, 0.25) is 0 Å². The van der Waals surface area contributed by atoms with E-state index in [9.17, 15) is 0 Å². The zero-order valence-corrected chi connectivity index (χ0v) is 9.51. The second-order valence-corrected chi connectivity index (χ2v) is 4.02. The third-order valence-corrected chi connectivity index (χ3v) is 2.76. The summed E-state index contributed by atoms with van der Waals surface area (Å²) in [4.78, 5) is 3.39. The smallest absolute Gasteiger partial charge is 0.0458 e. The molecule has 15 heavy (non-hydrogen) atoms. The van der Waals surface area contributed by atoms with Gasteiger partial charge < -0.3 is 4.98 Å². The number of hydrogen-bond donors (Lipinski definition) is 1. The maximum absolute atomic E-state index is 5.75. The Bertz CT molecular complexity index is 431. The fourth-order valence-corrected chi connectivity index (χ4v) is 1.94. The van der Waals surface area contributed by atoms with Crippen molar-refractivity contribution in [3.63, 3.8) is 0 Å². The molecule has 0 aliphatic carbocycles. The highest BCUT2D eigenvalue weighted by Crippen LogP contribution is 2.21. The predicted octanol–water partition coefficient (Wildman–Crippen LogP) is 3.77. The van der Waals surface area contributed by atoms with Crippen LogP contribution in [-0.2, 0) is 6.42 Å². The molecule has 1 aromatic carbocycles. The van der Waals surface area contributed by atoms with Crippen molar-refractivity contribution in [2.24, 2.45) is 0 Å². The van der Waals surface area contributed by atoms with Gasteiger partial charge in [-0.1, -0.05) is 30.3 Å². The van der Waals surface area contributed by atoms with Crippen LogP contribution in [0.15, 0.2) is 36.4 Å². The topological polar surface area (TPSA) is 15.8 Å². The van der Waals surface area contributed by atoms with Crippen LogP contribution in [0.4, 0.5) is 0 Å². The van der Waals surface area contributed by atoms with Gasteiger partial charge in [0.15, 0.2) is 0 Å². The van der Waals surface area contributed by atoms with Crippen LogP contribution in [0.25, 0.3) is 11.3 Å². The first-order valence-corrected chi connectivity index (χ1v) is 5.64. The van der Waals surface area contributed by atoms with Gasteiger partial charge in [0, 0.05) is 17.3 Å². The minimum absolute atomic E-state index is 0.674. The van der Waals surface area contributed by atoms with E-state index in [1.54, 1.807) is 0 Å². The summed E-state index contributed by atoms with van der Waals surface area (Å²) >= 11 is 5.75. The number of nitrogens with one attached hydrogen (secondary N) is 1. The number of alkyl halides is 1. The van der Waals surface area contributed by atoms with Crippen molar-refractivity contribution in [2.45, 2.75) is 13.3 Å². The van der Waals surface area contributed by atoms with Crippen molar-refractivity contribution >= 4 is 11.6 Å². The number of benzene rings is 1. The number of aryl methyl sites for hydroxylation is 2. The van der Waals surface area contributed by atoms with Crippen molar-refractivity contribution < 1.29 is 0 Å². The molecule has 0 bridgehead atoms. The summed E-state index contributed by atoms with van der Waals surface area (Å²) in [5.74, 6) is 0.674. The van der Waals surface area contributed by atoms with Gasteiger partial charge in [0.25, 0.3) is 0 Å². The maximum atomic E-state index is 5.75. The van der Waals surface area contributed by atoms with E-state index in [2.05, 4.69) is 30.1 Å². The average Bonchev–Trinajstić information content (AvgIpc) is 2.63. The van der Waals surface area contributed by atoms with E-state index in [-0.39, 0.29) is 0 Å². The lowest BCUT2D eigenvalue weighted by Gasteiger charge is -1.95. The van der Waals surface area contributed by atoms with Crippen molar-refractivity contribution in [1.29, 1.82) is 0 Å². The fraction of sp³-hybridized carbons (Fsp3) is 0.231. The Kier molecular flexibility index (Phi) is 3.12. The number of rotatable bonds is 3. The molecule has 2 heteroatoms. The first-order chi connectivity index (χ1) is 7.31. The van der Waals surface area contributed by atoms with E-state index in [1.807, 2.05) is 18.2 Å². The minimum Gasteiger partial charge on any atom is -0.358 e. The number of H-pyrrole nitrogens is 1. The predicted molar refractivity (Wildman–Crippen MR) is 65.4 cm³/mol. The van der Waals surface area contributed by atoms with Crippen molar-refractivity contribution in [1.82, 2.24) is 4.98 Å². The molecule has 1 nitrogen and oxygen atoms in total. The van der Waals surface area contributed by atoms with Crippen LogP contribution in [0, 0.1) is 6.92 Å². The molecule has 0 spiro atoms. The van der Waals surface area contributed by atoms with E-state index in [0.717, 1.165) is 6.42 Å². The van der Waals surface area contributed by atoms with Crippen LogP contribution in [0.1, 0.15) is 11.3 Å². The summed E-state index contributed by atoms with van der Waals surface area (Å²) in [5, 5.41) is 0. The Morgan fingerprint density at radius 1 is 1.20 bits per heavy atom. The standard InChI is InChI=1S/C13H14ClN/c1-10-12(7-8-14)9-13(15-10)11-5-3-2-4-6-11/h2-6,9,15H,7-8H2,1H3. The highest BCUT2D eigenvalue weighted by atomic mass is 35.5. The number of hydrogen-bond acceptors (Lipinski definition) is 0. The Morgan fingerprint density at radius 2 is 1.93 bits per heavy atom. The van der Waals surface area contributed by atoms with E-state index >= 15 is 0 Å². The second-order valence-electron chi connectivity index (χ2n) is 3.64. The van der Waals surface area contributed by atoms with Gasteiger partial charge in [-0.15, -0.1) is 11.6 Å². The third-order valence-electron chi connectivity index (χ3n) is 2.57. The molecule has 1 N–H and O–H groups in total. The lowest BCUT2D eigenvalue weighted by molar-refractivity contribution is 1.11. The summed E-state index contributed by atoms with van der Waals surface area (Å²) < 4.78 is 0. The van der Waals surface area contributed by atoms with Crippen LogP contribution in [-0.4, -0.2) is 10.9 Å². The SMILES string of the molecule is Cc1[nH]c(-c2ccccc2)cc1CCCl. The van der Waals surface area contributed by atoms with Crippen LogP contribution in [0.2, 0.25) is 0 Å².